The van der Waals surface area contributed by atoms with Crippen molar-refractivity contribution in [1.82, 2.24) is 9.97 Å². The van der Waals surface area contributed by atoms with E-state index in [4.69, 9.17) is 19.2 Å². The van der Waals surface area contributed by atoms with Crippen molar-refractivity contribution in [2.45, 2.75) is 41.2 Å². The van der Waals surface area contributed by atoms with Crippen LogP contribution < -0.4 is 19.1 Å². The molecule has 0 radical (unpaired) electrons. The predicted octanol–water partition coefficient (Wildman–Crippen LogP) is 6.35. The van der Waals surface area contributed by atoms with Crippen molar-refractivity contribution in [3.8, 4) is 17.2 Å². The number of rotatable bonds is 10. The SMILES string of the molecule is CCOc1cc(C(=O)N(Cc2cccnc2)c2nc3c(C)c(C)ccc3s2)cc(OCC)c1OCC. The molecule has 0 fully saturated rings. The number of amides is 1. The Morgan fingerprint density at radius 2 is 1.67 bits per heavy atom. The highest BCUT2D eigenvalue weighted by Gasteiger charge is 2.26. The molecular weight excluding hydrogens is 474 g/mol. The van der Waals surface area contributed by atoms with Gasteiger partial charge in [0.25, 0.3) is 5.91 Å². The molecule has 2 heterocycles. The van der Waals surface area contributed by atoms with E-state index in [2.05, 4.69) is 31.0 Å². The smallest absolute Gasteiger partial charge is 0.260 e. The number of anilines is 1. The number of thiazole rings is 1. The number of ether oxygens (including phenoxy) is 3. The van der Waals surface area contributed by atoms with Crippen LogP contribution in [0.3, 0.4) is 0 Å². The van der Waals surface area contributed by atoms with Gasteiger partial charge in [0, 0.05) is 18.0 Å². The van der Waals surface area contributed by atoms with E-state index in [0.717, 1.165) is 21.3 Å². The number of hydrogen-bond acceptors (Lipinski definition) is 7. The summed E-state index contributed by atoms with van der Waals surface area (Å²) in [5, 5.41) is 0.623. The zero-order valence-electron chi connectivity index (χ0n) is 21.3. The third-order valence-electron chi connectivity index (χ3n) is 5.77. The first-order valence-corrected chi connectivity index (χ1v) is 12.9. The van der Waals surface area contributed by atoms with Crippen molar-refractivity contribution in [3.63, 3.8) is 0 Å². The highest BCUT2D eigenvalue weighted by atomic mass is 32.1. The minimum Gasteiger partial charge on any atom is -0.490 e. The number of aromatic nitrogens is 2. The van der Waals surface area contributed by atoms with E-state index in [-0.39, 0.29) is 5.91 Å². The molecular formula is C28H31N3O4S. The number of benzene rings is 2. The maximum atomic E-state index is 14.1. The van der Waals surface area contributed by atoms with Gasteiger partial charge in [-0.2, -0.15) is 0 Å². The number of fused-ring (bicyclic) bond motifs is 1. The topological polar surface area (TPSA) is 73.8 Å². The Morgan fingerprint density at radius 1 is 0.972 bits per heavy atom. The Hall–Kier alpha value is -3.65. The number of carbonyl (C=O) groups is 1. The quantitative estimate of drug-likeness (QED) is 0.250. The van der Waals surface area contributed by atoms with Crippen molar-refractivity contribution in [2.75, 3.05) is 24.7 Å². The van der Waals surface area contributed by atoms with Gasteiger partial charge in [-0.15, -0.1) is 0 Å². The molecule has 4 aromatic rings. The van der Waals surface area contributed by atoms with Gasteiger partial charge in [-0.3, -0.25) is 14.7 Å². The lowest BCUT2D eigenvalue weighted by Crippen LogP contribution is -2.30. The standard InChI is InChI=1S/C28H31N3O4S/c1-6-33-22-14-21(15-23(34-7-2)26(22)35-8-3)27(32)31(17-20-10-9-13-29-16-20)28-30-25-19(5)18(4)11-12-24(25)36-28/h9-16H,6-8,17H2,1-5H3. The Labute approximate surface area is 215 Å². The number of pyridine rings is 1. The van der Waals surface area contributed by atoms with Crippen LogP contribution in [0.5, 0.6) is 17.2 Å². The Bertz CT molecular complexity index is 1330. The lowest BCUT2D eigenvalue weighted by molar-refractivity contribution is 0.0984. The molecule has 0 atom stereocenters. The van der Waals surface area contributed by atoms with Gasteiger partial charge in [-0.1, -0.05) is 23.5 Å². The second-order valence-corrected chi connectivity index (χ2v) is 9.21. The molecule has 0 unspecified atom stereocenters. The molecule has 0 spiro atoms. The molecule has 0 aliphatic carbocycles. The lowest BCUT2D eigenvalue weighted by atomic mass is 10.1. The molecule has 7 nitrogen and oxygen atoms in total. The molecule has 0 saturated heterocycles. The monoisotopic (exact) mass is 505 g/mol. The molecule has 188 valence electrons. The van der Waals surface area contributed by atoms with Crippen molar-refractivity contribution in [1.29, 1.82) is 0 Å². The van der Waals surface area contributed by atoms with Gasteiger partial charge in [0.1, 0.15) is 0 Å². The van der Waals surface area contributed by atoms with Gasteiger partial charge in [-0.05, 0) is 75.6 Å². The van der Waals surface area contributed by atoms with E-state index >= 15 is 0 Å². The summed E-state index contributed by atoms with van der Waals surface area (Å²) in [7, 11) is 0. The summed E-state index contributed by atoms with van der Waals surface area (Å²) < 4.78 is 18.6. The molecule has 36 heavy (non-hydrogen) atoms. The van der Waals surface area contributed by atoms with E-state index in [9.17, 15) is 4.79 Å². The van der Waals surface area contributed by atoms with Crippen LogP contribution in [0.25, 0.3) is 10.2 Å². The highest BCUT2D eigenvalue weighted by Crippen LogP contribution is 2.40. The van der Waals surface area contributed by atoms with E-state index in [1.165, 1.54) is 16.9 Å². The molecule has 0 N–H and O–H groups in total. The summed E-state index contributed by atoms with van der Waals surface area (Å²) in [5.41, 5.74) is 4.52. The van der Waals surface area contributed by atoms with Gasteiger partial charge in [0.15, 0.2) is 16.6 Å². The van der Waals surface area contributed by atoms with E-state index in [0.29, 0.717) is 54.3 Å². The number of carbonyl (C=O) groups excluding carboxylic acids is 1. The Balaban J connectivity index is 1.83. The zero-order valence-corrected chi connectivity index (χ0v) is 22.1. The van der Waals surface area contributed by atoms with Crippen molar-refractivity contribution < 1.29 is 19.0 Å². The van der Waals surface area contributed by atoms with Gasteiger partial charge in [-0.25, -0.2) is 4.98 Å². The van der Waals surface area contributed by atoms with Crippen LogP contribution >= 0.6 is 11.3 Å². The molecule has 0 aliphatic rings. The third-order valence-corrected chi connectivity index (χ3v) is 6.81. The molecule has 0 saturated carbocycles. The highest BCUT2D eigenvalue weighted by molar-refractivity contribution is 7.22. The van der Waals surface area contributed by atoms with Crippen LogP contribution in [0.15, 0.2) is 48.8 Å². The first-order chi connectivity index (χ1) is 17.5. The van der Waals surface area contributed by atoms with Crippen molar-refractivity contribution >= 4 is 32.6 Å². The van der Waals surface area contributed by atoms with Crippen LogP contribution in [0, 0.1) is 13.8 Å². The molecule has 4 rings (SSSR count). The molecule has 0 aliphatic heterocycles. The van der Waals surface area contributed by atoms with Gasteiger partial charge in [0.2, 0.25) is 5.75 Å². The summed E-state index contributed by atoms with van der Waals surface area (Å²) in [6.07, 6.45) is 3.48. The first-order valence-electron chi connectivity index (χ1n) is 12.1. The second-order valence-electron chi connectivity index (χ2n) is 8.20. The number of aryl methyl sites for hydroxylation is 2. The fraction of sp³-hybridized carbons (Fsp3) is 0.321. The lowest BCUT2D eigenvalue weighted by Gasteiger charge is -2.22. The summed E-state index contributed by atoms with van der Waals surface area (Å²) in [6.45, 7) is 11.4. The molecule has 2 aromatic heterocycles. The average molecular weight is 506 g/mol. The van der Waals surface area contributed by atoms with Gasteiger partial charge < -0.3 is 14.2 Å². The fourth-order valence-corrected chi connectivity index (χ4v) is 4.92. The normalized spacial score (nSPS) is 10.9. The summed E-state index contributed by atoms with van der Waals surface area (Å²) in [4.78, 5) is 24.9. The van der Waals surface area contributed by atoms with Crippen LogP contribution in [0.4, 0.5) is 5.13 Å². The zero-order chi connectivity index (χ0) is 25.7. The third kappa shape index (κ3) is 5.28. The van der Waals surface area contributed by atoms with Crippen LogP contribution in [-0.4, -0.2) is 35.7 Å². The Morgan fingerprint density at radius 3 is 2.28 bits per heavy atom. The Kier molecular flexibility index (Phi) is 8.05. The van der Waals surface area contributed by atoms with Crippen molar-refractivity contribution in [3.05, 3.63) is 71.0 Å². The molecule has 0 bridgehead atoms. The van der Waals surface area contributed by atoms with Gasteiger partial charge >= 0.3 is 0 Å². The van der Waals surface area contributed by atoms with Crippen molar-refractivity contribution in [2.24, 2.45) is 0 Å². The molecule has 8 heteroatoms. The summed E-state index contributed by atoms with van der Waals surface area (Å²) in [5.74, 6) is 1.25. The largest absolute Gasteiger partial charge is 0.490 e. The van der Waals surface area contributed by atoms with E-state index < -0.39 is 0 Å². The molecule has 2 aromatic carbocycles. The van der Waals surface area contributed by atoms with Gasteiger partial charge in [0.05, 0.1) is 36.6 Å². The van der Waals surface area contributed by atoms with Crippen LogP contribution in [0.1, 0.15) is 47.8 Å². The van der Waals surface area contributed by atoms with E-state index in [1.54, 1.807) is 29.4 Å². The fourth-order valence-electron chi connectivity index (χ4n) is 3.90. The predicted molar refractivity (Wildman–Crippen MR) is 144 cm³/mol. The summed E-state index contributed by atoms with van der Waals surface area (Å²) in [6, 6.07) is 11.4. The maximum Gasteiger partial charge on any atom is 0.260 e. The van der Waals surface area contributed by atoms with Crippen LogP contribution in [0.2, 0.25) is 0 Å². The first kappa shape index (κ1) is 25.4. The minimum atomic E-state index is -0.211. The maximum absolute atomic E-state index is 14.1. The number of hydrogen-bond donors (Lipinski definition) is 0. The molecule has 1 amide bonds. The van der Waals surface area contributed by atoms with E-state index in [1.807, 2.05) is 32.9 Å². The second kappa shape index (κ2) is 11.4. The summed E-state index contributed by atoms with van der Waals surface area (Å²) >= 11 is 1.50. The average Bonchev–Trinajstić information content (AvgIpc) is 3.32. The number of nitrogens with zero attached hydrogens (tertiary/aromatic N) is 3. The van der Waals surface area contributed by atoms with Crippen LogP contribution in [-0.2, 0) is 6.54 Å². The minimum absolute atomic E-state index is 0.211.